The van der Waals surface area contributed by atoms with E-state index in [1.807, 2.05) is 0 Å². The molecule has 0 aliphatic heterocycles. The molecule has 0 radical (unpaired) electrons. The summed E-state index contributed by atoms with van der Waals surface area (Å²) >= 11 is 0. The number of allylic oxidation sites excluding steroid dienone is 1. The second kappa shape index (κ2) is 2.44. The standard InChI is InChI=1S/C4H3N2O2S/c1-9(7,8)4(2-5)3-6/h1H3/q-1. The Labute approximate surface area is 52.8 Å². The lowest BCUT2D eigenvalue weighted by atomic mass is 10.7. The maximum Gasteiger partial charge on any atom is 0.191 e. The molecule has 0 fully saturated rings. The molecule has 5 heteroatoms. The van der Waals surface area contributed by atoms with E-state index >= 15 is 0 Å². The van der Waals surface area contributed by atoms with E-state index < -0.39 is 14.7 Å². The molecule has 0 spiro atoms. The van der Waals surface area contributed by atoms with Crippen molar-refractivity contribution >= 4 is 15.7 Å². The normalized spacial score (nSPS) is 9.33. The fourth-order valence-electron chi connectivity index (χ4n) is 0.191. The Morgan fingerprint density at radius 3 is 2.11 bits per heavy atom. The Balaban J connectivity index is 5.10. The van der Waals surface area contributed by atoms with Gasteiger partial charge in [0.25, 0.3) is 0 Å². The van der Waals surface area contributed by atoms with Gasteiger partial charge in [-0.05, 0) is 0 Å². The minimum atomic E-state index is -3.57. The molecule has 9 heavy (non-hydrogen) atoms. The monoisotopic (exact) mass is 143 g/mol. The lowest BCUT2D eigenvalue weighted by Crippen LogP contribution is -1.98. The van der Waals surface area contributed by atoms with Crippen molar-refractivity contribution in [2.45, 2.75) is 0 Å². The van der Waals surface area contributed by atoms with E-state index in [0.717, 1.165) is 6.26 Å². The van der Waals surface area contributed by atoms with Crippen LogP contribution in [0.25, 0.3) is 5.41 Å². The summed E-state index contributed by atoms with van der Waals surface area (Å²) in [6, 6.07) is 1.26. The van der Waals surface area contributed by atoms with E-state index in [2.05, 4.69) is 0 Å². The molecule has 0 aromatic carbocycles. The summed E-state index contributed by atoms with van der Waals surface area (Å²) in [6.45, 7) is 0. The summed E-state index contributed by atoms with van der Waals surface area (Å²) in [4.78, 5) is -0.748. The van der Waals surface area contributed by atoms with E-state index in [0.29, 0.717) is 0 Å². The first-order valence-electron chi connectivity index (χ1n) is 1.89. The molecule has 0 N–H and O–H groups in total. The number of rotatable bonds is 1. The first-order valence-corrected chi connectivity index (χ1v) is 3.78. The van der Waals surface area contributed by atoms with E-state index in [4.69, 9.17) is 10.7 Å². The molecule has 48 valence electrons. The van der Waals surface area contributed by atoms with Gasteiger partial charge in [0.15, 0.2) is 14.7 Å². The summed E-state index contributed by atoms with van der Waals surface area (Å²) in [6.07, 6.45) is 0.814. The van der Waals surface area contributed by atoms with Crippen molar-refractivity contribution in [3.05, 3.63) is 10.3 Å². The zero-order chi connectivity index (χ0) is 7.49. The maximum absolute atomic E-state index is 10.3. The van der Waals surface area contributed by atoms with Gasteiger partial charge in [0.2, 0.25) is 0 Å². The second-order valence-corrected chi connectivity index (χ2v) is 3.28. The van der Waals surface area contributed by atoms with Crippen molar-refractivity contribution < 1.29 is 8.42 Å². The van der Waals surface area contributed by atoms with Crippen LogP contribution in [-0.4, -0.2) is 20.5 Å². The summed E-state index contributed by atoms with van der Waals surface area (Å²) in [5.41, 5.74) is 0. The van der Waals surface area contributed by atoms with E-state index in [-0.39, 0.29) is 0 Å². The smallest absolute Gasteiger partial charge is 0.191 e. The molecule has 0 aliphatic carbocycles. The van der Waals surface area contributed by atoms with Crippen molar-refractivity contribution in [2.24, 2.45) is 0 Å². The topological polar surface area (TPSA) is 80.2 Å². The van der Waals surface area contributed by atoms with Gasteiger partial charge in [-0.1, -0.05) is 0 Å². The Morgan fingerprint density at radius 2 is 2.11 bits per heavy atom. The molecule has 0 aromatic rings. The fourth-order valence-corrected chi connectivity index (χ4v) is 0.522. The van der Waals surface area contributed by atoms with Crippen LogP contribution in [0, 0.1) is 11.3 Å². The van der Waals surface area contributed by atoms with Crippen LogP contribution in [0.5, 0.6) is 0 Å². The SMILES string of the molecule is CS(=O)(=O)C(=C=[N-])C#N. The van der Waals surface area contributed by atoms with Crippen LogP contribution in [-0.2, 0) is 9.84 Å². The minimum Gasteiger partial charge on any atom is -0.762 e. The Kier molecular flexibility index (Phi) is 2.14. The van der Waals surface area contributed by atoms with Gasteiger partial charge in [-0.15, -0.1) is 0 Å². The van der Waals surface area contributed by atoms with Crippen molar-refractivity contribution in [2.75, 3.05) is 6.26 Å². The Morgan fingerprint density at radius 1 is 1.67 bits per heavy atom. The van der Waals surface area contributed by atoms with Gasteiger partial charge in [0, 0.05) is 6.26 Å². The van der Waals surface area contributed by atoms with E-state index in [1.54, 1.807) is 0 Å². The van der Waals surface area contributed by atoms with Crippen LogP contribution in [0.4, 0.5) is 0 Å². The number of sulfone groups is 1. The predicted octanol–water partition coefficient (Wildman–Crippen LogP) is -0.322. The van der Waals surface area contributed by atoms with Crippen molar-refractivity contribution in [1.82, 2.24) is 0 Å². The number of nitrogens with zero attached hydrogens (tertiary/aromatic N) is 2. The highest BCUT2D eigenvalue weighted by Gasteiger charge is 2.05. The molecule has 0 aromatic heterocycles. The first kappa shape index (κ1) is 7.89. The fraction of sp³-hybridized carbons (Fsp3) is 0.250. The molecule has 4 nitrogen and oxygen atoms in total. The zero-order valence-electron chi connectivity index (χ0n) is 4.62. The third-order valence-electron chi connectivity index (χ3n) is 0.574. The number of nitriles is 1. The van der Waals surface area contributed by atoms with Gasteiger partial charge in [-0.3, -0.25) is 0 Å². The molecular weight excluding hydrogens is 140 g/mol. The maximum atomic E-state index is 10.3. The van der Waals surface area contributed by atoms with Crippen LogP contribution in [0.3, 0.4) is 0 Å². The number of hydrogen-bond acceptors (Lipinski definition) is 3. The highest BCUT2D eigenvalue weighted by atomic mass is 32.2. The van der Waals surface area contributed by atoms with Gasteiger partial charge >= 0.3 is 0 Å². The molecule has 0 rings (SSSR count). The lowest BCUT2D eigenvalue weighted by molar-refractivity contribution is 0.609. The summed E-state index contributed by atoms with van der Waals surface area (Å²) < 4.78 is 20.6. The average Bonchev–Trinajstić information content (AvgIpc) is 1.65. The third kappa shape index (κ3) is 2.08. The molecule has 0 amide bonds. The Bertz CT molecular complexity index is 289. The van der Waals surface area contributed by atoms with Gasteiger partial charge in [0.1, 0.15) is 6.07 Å². The molecular formula is C4H3N2O2S-. The van der Waals surface area contributed by atoms with Gasteiger partial charge in [-0.25, -0.2) is 14.3 Å². The quantitative estimate of drug-likeness (QED) is 0.372. The summed E-state index contributed by atoms with van der Waals surface area (Å²) in [5, 5.41) is 15.9. The molecule has 0 atom stereocenters. The van der Waals surface area contributed by atoms with Crippen molar-refractivity contribution in [3.63, 3.8) is 0 Å². The minimum absolute atomic E-state index is 0.748. The van der Waals surface area contributed by atoms with Gasteiger partial charge in [-0.2, -0.15) is 5.26 Å². The predicted molar refractivity (Wildman–Crippen MR) is 32.3 cm³/mol. The first-order chi connectivity index (χ1) is 4.02. The molecule has 0 heterocycles. The number of hydrogen-bond donors (Lipinski definition) is 0. The average molecular weight is 143 g/mol. The van der Waals surface area contributed by atoms with Crippen LogP contribution in [0.2, 0.25) is 0 Å². The molecule has 0 saturated carbocycles. The lowest BCUT2D eigenvalue weighted by Gasteiger charge is -1.87. The highest BCUT2D eigenvalue weighted by molar-refractivity contribution is 7.95. The summed E-state index contributed by atoms with van der Waals surface area (Å²) in [5.74, 6) is 1.26. The van der Waals surface area contributed by atoms with Crippen molar-refractivity contribution in [3.8, 4) is 6.07 Å². The highest BCUT2D eigenvalue weighted by Crippen LogP contribution is 1.95. The Hall–Kier alpha value is -1.11. The zero-order valence-corrected chi connectivity index (χ0v) is 5.44. The molecule has 0 bridgehead atoms. The molecule has 0 aliphatic rings. The van der Waals surface area contributed by atoms with Gasteiger partial charge < -0.3 is 5.41 Å². The van der Waals surface area contributed by atoms with Gasteiger partial charge in [0.05, 0.1) is 0 Å². The van der Waals surface area contributed by atoms with Crippen LogP contribution in [0.1, 0.15) is 0 Å². The van der Waals surface area contributed by atoms with E-state index in [9.17, 15) is 8.42 Å². The van der Waals surface area contributed by atoms with Crippen LogP contribution in [0.15, 0.2) is 4.91 Å². The summed E-state index contributed by atoms with van der Waals surface area (Å²) in [7, 11) is -3.57. The third-order valence-corrected chi connectivity index (χ3v) is 1.50. The molecule has 0 saturated heterocycles. The second-order valence-electron chi connectivity index (χ2n) is 1.32. The molecule has 0 unspecified atom stereocenters. The largest absolute Gasteiger partial charge is 0.762 e. The van der Waals surface area contributed by atoms with Crippen molar-refractivity contribution in [1.29, 1.82) is 5.26 Å². The van der Waals surface area contributed by atoms with Crippen LogP contribution >= 0.6 is 0 Å². The van der Waals surface area contributed by atoms with E-state index in [1.165, 1.54) is 11.9 Å². The van der Waals surface area contributed by atoms with Crippen LogP contribution < -0.4 is 0 Å².